The molecule has 1 heterocycles. The minimum Gasteiger partial charge on any atom is -0.389 e. The van der Waals surface area contributed by atoms with Crippen LogP contribution in [0.2, 0.25) is 0 Å². The van der Waals surface area contributed by atoms with E-state index in [1.807, 2.05) is 6.92 Å². The summed E-state index contributed by atoms with van der Waals surface area (Å²) in [5.74, 6) is 1.47. The lowest BCUT2D eigenvalue weighted by molar-refractivity contribution is 0.0214. The largest absolute Gasteiger partial charge is 0.389 e. The fourth-order valence-corrected chi connectivity index (χ4v) is 3.33. The van der Waals surface area contributed by atoms with E-state index < -0.39 is 5.60 Å². The highest BCUT2D eigenvalue weighted by molar-refractivity contribution is 4.94. The van der Waals surface area contributed by atoms with Crippen molar-refractivity contribution in [1.29, 1.82) is 0 Å². The third-order valence-electron chi connectivity index (χ3n) is 4.56. The Labute approximate surface area is 99.0 Å². The molecule has 2 fully saturated rings. The highest BCUT2D eigenvalue weighted by Gasteiger charge is 2.39. The van der Waals surface area contributed by atoms with Crippen LogP contribution >= 0.6 is 0 Å². The second-order valence-corrected chi connectivity index (χ2v) is 6.06. The zero-order valence-electron chi connectivity index (χ0n) is 10.7. The van der Waals surface area contributed by atoms with Crippen LogP contribution in [0.25, 0.3) is 0 Å². The number of fused-ring (bicyclic) bond motifs is 1. The molecule has 1 aliphatic heterocycles. The Morgan fingerprint density at radius 1 is 1.38 bits per heavy atom. The lowest BCUT2D eigenvalue weighted by atomic mass is 9.78. The van der Waals surface area contributed by atoms with E-state index in [2.05, 4.69) is 11.8 Å². The third kappa shape index (κ3) is 2.58. The predicted octanol–water partition coefficient (Wildman–Crippen LogP) is 1.21. The third-order valence-corrected chi connectivity index (χ3v) is 4.56. The van der Waals surface area contributed by atoms with E-state index in [4.69, 9.17) is 5.73 Å². The maximum Gasteiger partial charge on any atom is 0.0743 e. The zero-order chi connectivity index (χ0) is 11.8. The first-order valence-corrected chi connectivity index (χ1v) is 6.72. The Hall–Kier alpha value is -0.120. The predicted molar refractivity (Wildman–Crippen MR) is 66.2 cm³/mol. The molecule has 0 aromatic carbocycles. The number of rotatable bonds is 3. The summed E-state index contributed by atoms with van der Waals surface area (Å²) < 4.78 is 0. The molecule has 1 aliphatic carbocycles. The van der Waals surface area contributed by atoms with Crippen molar-refractivity contribution < 1.29 is 5.11 Å². The molecule has 16 heavy (non-hydrogen) atoms. The lowest BCUT2D eigenvalue weighted by Gasteiger charge is -2.30. The summed E-state index contributed by atoms with van der Waals surface area (Å²) in [6.07, 6.45) is 4.65. The van der Waals surface area contributed by atoms with Gasteiger partial charge in [-0.05, 0) is 38.0 Å². The molecule has 0 aromatic heterocycles. The Bertz CT molecular complexity index is 242. The van der Waals surface area contributed by atoms with Crippen LogP contribution in [0, 0.1) is 11.8 Å². The van der Waals surface area contributed by atoms with Crippen molar-refractivity contribution in [2.75, 3.05) is 19.6 Å². The molecule has 3 heteroatoms. The maximum absolute atomic E-state index is 10.1. The molecule has 1 saturated carbocycles. The van der Waals surface area contributed by atoms with E-state index >= 15 is 0 Å². The average molecular weight is 226 g/mol. The van der Waals surface area contributed by atoms with Gasteiger partial charge in [0.05, 0.1) is 5.60 Å². The van der Waals surface area contributed by atoms with Gasteiger partial charge in [-0.15, -0.1) is 0 Å². The highest BCUT2D eigenvalue weighted by atomic mass is 16.3. The monoisotopic (exact) mass is 226 g/mol. The fraction of sp³-hybridized carbons (Fsp3) is 1.00. The van der Waals surface area contributed by atoms with Gasteiger partial charge in [0, 0.05) is 25.7 Å². The fourth-order valence-electron chi connectivity index (χ4n) is 3.33. The van der Waals surface area contributed by atoms with Crippen molar-refractivity contribution in [2.45, 2.75) is 51.2 Å². The van der Waals surface area contributed by atoms with Gasteiger partial charge in [-0.2, -0.15) is 0 Å². The summed E-state index contributed by atoms with van der Waals surface area (Å²) in [7, 11) is 0. The maximum atomic E-state index is 10.1. The molecule has 0 spiro atoms. The first-order chi connectivity index (χ1) is 7.52. The van der Waals surface area contributed by atoms with Crippen LogP contribution in [0.1, 0.15) is 39.5 Å². The molecule has 4 unspecified atom stereocenters. The van der Waals surface area contributed by atoms with E-state index in [9.17, 15) is 5.11 Å². The SMILES string of the molecule is CCC(C)(O)CN1CC2CCCC(N)C2C1. The molecule has 2 rings (SSSR count). The van der Waals surface area contributed by atoms with Crippen LogP contribution < -0.4 is 5.73 Å². The number of likely N-dealkylation sites (tertiary alicyclic amines) is 1. The minimum atomic E-state index is -0.530. The minimum absolute atomic E-state index is 0.398. The molecule has 0 bridgehead atoms. The van der Waals surface area contributed by atoms with Gasteiger partial charge >= 0.3 is 0 Å². The first-order valence-electron chi connectivity index (χ1n) is 6.72. The quantitative estimate of drug-likeness (QED) is 0.760. The average Bonchev–Trinajstić information content (AvgIpc) is 2.61. The van der Waals surface area contributed by atoms with Crippen LogP contribution in [-0.4, -0.2) is 41.3 Å². The smallest absolute Gasteiger partial charge is 0.0743 e. The summed E-state index contributed by atoms with van der Waals surface area (Å²) in [6.45, 7) is 7.05. The first kappa shape index (κ1) is 12.3. The standard InChI is InChI=1S/C13H26N2O/c1-3-13(2,16)9-15-7-10-5-4-6-12(14)11(10)8-15/h10-12,16H,3-9,14H2,1-2H3. The van der Waals surface area contributed by atoms with Gasteiger partial charge in [0.15, 0.2) is 0 Å². The van der Waals surface area contributed by atoms with Crippen LogP contribution in [-0.2, 0) is 0 Å². The lowest BCUT2D eigenvalue weighted by Crippen LogP contribution is -2.40. The summed E-state index contributed by atoms with van der Waals surface area (Å²) >= 11 is 0. The van der Waals surface area contributed by atoms with Gasteiger partial charge in [-0.3, -0.25) is 4.90 Å². The number of aliphatic hydroxyl groups is 1. The van der Waals surface area contributed by atoms with Crippen molar-refractivity contribution in [2.24, 2.45) is 17.6 Å². The van der Waals surface area contributed by atoms with Gasteiger partial charge in [-0.25, -0.2) is 0 Å². The number of nitrogens with two attached hydrogens (primary N) is 1. The van der Waals surface area contributed by atoms with E-state index in [0.717, 1.165) is 32.0 Å². The van der Waals surface area contributed by atoms with Gasteiger partial charge < -0.3 is 10.8 Å². The molecular weight excluding hydrogens is 200 g/mol. The molecule has 4 atom stereocenters. The summed E-state index contributed by atoms with van der Waals surface area (Å²) in [4.78, 5) is 2.42. The molecule has 0 radical (unpaired) electrons. The van der Waals surface area contributed by atoms with Crippen molar-refractivity contribution in [3.8, 4) is 0 Å². The number of nitrogens with zero attached hydrogens (tertiary/aromatic N) is 1. The Balaban J connectivity index is 1.91. The summed E-state index contributed by atoms with van der Waals surface area (Å²) in [5, 5.41) is 10.1. The van der Waals surface area contributed by atoms with Gasteiger partial charge in [0.1, 0.15) is 0 Å². The Morgan fingerprint density at radius 3 is 2.75 bits per heavy atom. The number of hydrogen-bond donors (Lipinski definition) is 2. The molecule has 3 nitrogen and oxygen atoms in total. The number of β-amino-alcohol motifs (C(OH)–C–C–N with tert-alkyl or cyclic N) is 1. The molecule has 0 aromatic rings. The second-order valence-electron chi connectivity index (χ2n) is 6.06. The molecule has 3 N–H and O–H groups in total. The van der Waals surface area contributed by atoms with Crippen molar-refractivity contribution in [1.82, 2.24) is 4.90 Å². The van der Waals surface area contributed by atoms with Crippen LogP contribution in [0.15, 0.2) is 0 Å². The zero-order valence-corrected chi connectivity index (χ0v) is 10.7. The Kier molecular flexibility index (Phi) is 3.57. The van der Waals surface area contributed by atoms with Crippen LogP contribution in [0.3, 0.4) is 0 Å². The summed E-state index contributed by atoms with van der Waals surface area (Å²) in [6, 6.07) is 0.398. The molecule has 1 saturated heterocycles. The van der Waals surface area contributed by atoms with E-state index in [-0.39, 0.29) is 0 Å². The van der Waals surface area contributed by atoms with E-state index in [1.54, 1.807) is 0 Å². The van der Waals surface area contributed by atoms with E-state index in [0.29, 0.717) is 12.0 Å². The van der Waals surface area contributed by atoms with Crippen molar-refractivity contribution in [3.05, 3.63) is 0 Å². The summed E-state index contributed by atoms with van der Waals surface area (Å²) in [5.41, 5.74) is 5.66. The van der Waals surface area contributed by atoms with Crippen molar-refractivity contribution >= 4 is 0 Å². The second kappa shape index (κ2) is 4.63. The van der Waals surface area contributed by atoms with Crippen LogP contribution in [0.5, 0.6) is 0 Å². The molecule has 2 aliphatic rings. The molecule has 0 amide bonds. The van der Waals surface area contributed by atoms with Gasteiger partial charge in [0.25, 0.3) is 0 Å². The molecule has 94 valence electrons. The van der Waals surface area contributed by atoms with Crippen molar-refractivity contribution in [3.63, 3.8) is 0 Å². The van der Waals surface area contributed by atoms with Gasteiger partial charge in [-0.1, -0.05) is 13.3 Å². The van der Waals surface area contributed by atoms with Gasteiger partial charge in [0.2, 0.25) is 0 Å². The van der Waals surface area contributed by atoms with Crippen LogP contribution in [0.4, 0.5) is 0 Å². The molecular formula is C13H26N2O. The topological polar surface area (TPSA) is 49.5 Å². The Morgan fingerprint density at radius 2 is 2.12 bits per heavy atom. The highest BCUT2D eigenvalue weighted by Crippen LogP contribution is 2.36. The normalized spacial score (nSPS) is 39.4. The van der Waals surface area contributed by atoms with E-state index in [1.165, 1.54) is 19.3 Å². The number of hydrogen-bond acceptors (Lipinski definition) is 3.